The molecule has 19 heavy (non-hydrogen) atoms. The Labute approximate surface area is 123 Å². The lowest BCUT2D eigenvalue weighted by molar-refractivity contribution is -0.385. The smallest absolute Gasteiger partial charge is 0.329 e. The number of nitrogens with zero attached hydrogens (tertiary/aromatic N) is 1. The van der Waals surface area contributed by atoms with Crippen molar-refractivity contribution >= 4 is 33.2 Å². The van der Waals surface area contributed by atoms with E-state index in [0.29, 0.717) is 0 Å². The van der Waals surface area contributed by atoms with Crippen molar-refractivity contribution in [3.63, 3.8) is 0 Å². The third-order valence-corrected chi connectivity index (χ3v) is 3.21. The van der Waals surface area contributed by atoms with Gasteiger partial charge in [-0.3, -0.25) is 10.1 Å². The zero-order valence-corrected chi connectivity index (χ0v) is 12.0. The molecule has 0 heterocycles. The van der Waals surface area contributed by atoms with Gasteiger partial charge in [0.25, 0.3) is 0 Å². The van der Waals surface area contributed by atoms with Gasteiger partial charge in [0, 0.05) is 4.47 Å². The third-order valence-electron chi connectivity index (χ3n) is 2.42. The minimum Gasteiger partial charge on any atom is -0.482 e. The van der Waals surface area contributed by atoms with Gasteiger partial charge in [0.2, 0.25) is 0 Å². The van der Waals surface area contributed by atoms with Gasteiger partial charge in [0.05, 0.1) is 4.92 Å². The van der Waals surface area contributed by atoms with Crippen molar-refractivity contribution in [2.45, 2.75) is 6.61 Å². The molecule has 98 valence electrons. The molecule has 0 aliphatic heterocycles. The van der Waals surface area contributed by atoms with E-state index in [9.17, 15) is 10.1 Å². The number of nitro benzene ring substituents is 1. The highest BCUT2D eigenvalue weighted by molar-refractivity contribution is 9.10. The largest absolute Gasteiger partial charge is 0.482 e. The fraction of sp³-hybridized carbons (Fsp3) is 0.0769. The molecule has 6 heteroatoms. The van der Waals surface area contributed by atoms with Crippen molar-refractivity contribution < 1.29 is 9.66 Å². The van der Waals surface area contributed by atoms with Gasteiger partial charge in [-0.2, -0.15) is 0 Å². The molecule has 0 N–H and O–H groups in total. The van der Waals surface area contributed by atoms with Crippen LogP contribution in [0, 0.1) is 10.1 Å². The standard InChI is InChI=1S/C13H9BrClNO3/c14-10-4-1-3-9(7-10)8-19-12-6-2-5-11(15)13(12)16(17)18/h1-7H,8H2. The molecule has 0 bridgehead atoms. The maximum Gasteiger partial charge on any atom is 0.329 e. The van der Waals surface area contributed by atoms with Gasteiger partial charge >= 0.3 is 5.69 Å². The molecule has 0 saturated carbocycles. The minimum absolute atomic E-state index is 0.0664. The summed E-state index contributed by atoms with van der Waals surface area (Å²) in [5.74, 6) is 0.164. The van der Waals surface area contributed by atoms with Gasteiger partial charge in [0.15, 0.2) is 5.75 Å². The lowest BCUT2D eigenvalue weighted by Crippen LogP contribution is -1.99. The number of hydrogen-bond acceptors (Lipinski definition) is 3. The van der Waals surface area contributed by atoms with Crippen molar-refractivity contribution in [2.75, 3.05) is 0 Å². The Bertz CT molecular complexity index is 619. The summed E-state index contributed by atoms with van der Waals surface area (Å²) < 4.78 is 6.40. The molecule has 0 amide bonds. The van der Waals surface area contributed by atoms with Gasteiger partial charge < -0.3 is 4.74 Å². The molecule has 0 unspecified atom stereocenters. The predicted molar refractivity (Wildman–Crippen MR) is 76.6 cm³/mol. The first kappa shape index (κ1) is 13.8. The predicted octanol–water partition coefficient (Wildman–Crippen LogP) is 4.59. The van der Waals surface area contributed by atoms with E-state index in [2.05, 4.69) is 15.9 Å². The van der Waals surface area contributed by atoms with E-state index in [1.807, 2.05) is 24.3 Å². The zero-order chi connectivity index (χ0) is 13.8. The second-order valence-corrected chi connectivity index (χ2v) is 5.09. The quantitative estimate of drug-likeness (QED) is 0.603. The first-order valence-corrected chi connectivity index (χ1v) is 6.55. The maximum absolute atomic E-state index is 10.9. The minimum atomic E-state index is -0.543. The molecule has 2 rings (SSSR count). The maximum atomic E-state index is 10.9. The second kappa shape index (κ2) is 6.04. The van der Waals surface area contributed by atoms with Crippen molar-refractivity contribution in [1.29, 1.82) is 0 Å². The van der Waals surface area contributed by atoms with Gasteiger partial charge in [-0.15, -0.1) is 0 Å². The Hall–Kier alpha value is -1.59. The highest BCUT2D eigenvalue weighted by Gasteiger charge is 2.19. The summed E-state index contributed by atoms with van der Waals surface area (Å²) in [4.78, 5) is 10.4. The number of para-hydroxylation sites is 1. The van der Waals surface area contributed by atoms with E-state index < -0.39 is 4.92 Å². The van der Waals surface area contributed by atoms with Crippen molar-refractivity contribution in [3.05, 3.63) is 67.6 Å². The molecular weight excluding hydrogens is 334 g/mol. The van der Waals surface area contributed by atoms with Crippen LogP contribution in [0.1, 0.15) is 5.56 Å². The fourth-order valence-corrected chi connectivity index (χ4v) is 2.26. The van der Waals surface area contributed by atoms with Crippen LogP contribution in [0.3, 0.4) is 0 Å². The molecule has 0 aromatic heterocycles. The fourth-order valence-electron chi connectivity index (χ4n) is 1.58. The summed E-state index contributed by atoms with van der Waals surface area (Å²) in [6.07, 6.45) is 0. The first-order valence-electron chi connectivity index (χ1n) is 5.38. The van der Waals surface area contributed by atoms with Crippen LogP contribution in [-0.4, -0.2) is 4.92 Å². The molecule has 0 saturated heterocycles. The number of rotatable bonds is 4. The van der Waals surface area contributed by atoms with Crippen molar-refractivity contribution in [1.82, 2.24) is 0 Å². The molecule has 2 aromatic rings. The van der Waals surface area contributed by atoms with Crippen molar-refractivity contribution in [2.24, 2.45) is 0 Å². The summed E-state index contributed by atoms with van der Waals surface area (Å²) in [6.45, 7) is 0.237. The highest BCUT2D eigenvalue weighted by Crippen LogP contribution is 2.34. The molecular formula is C13H9BrClNO3. The lowest BCUT2D eigenvalue weighted by atomic mass is 10.2. The average molecular weight is 343 g/mol. The first-order chi connectivity index (χ1) is 9.08. The van der Waals surface area contributed by atoms with Crippen LogP contribution in [-0.2, 0) is 6.61 Å². The van der Waals surface area contributed by atoms with Gasteiger partial charge in [-0.1, -0.05) is 45.7 Å². The number of benzene rings is 2. The van der Waals surface area contributed by atoms with Crippen LogP contribution in [0.5, 0.6) is 5.75 Å². The summed E-state index contributed by atoms with van der Waals surface area (Å²) in [7, 11) is 0. The van der Waals surface area contributed by atoms with Crippen LogP contribution in [0.4, 0.5) is 5.69 Å². The molecule has 0 aliphatic rings. The summed E-state index contributed by atoms with van der Waals surface area (Å²) >= 11 is 9.15. The SMILES string of the molecule is O=[N+]([O-])c1c(Cl)cccc1OCc1cccc(Br)c1. The summed E-state index contributed by atoms with van der Waals surface area (Å²) in [6, 6.07) is 12.1. The Morgan fingerprint density at radius 1 is 1.26 bits per heavy atom. The Morgan fingerprint density at radius 2 is 2.00 bits per heavy atom. The molecule has 4 nitrogen and oxygen atoms in total. The lowest BCUT2D eigenvalue weighted by Gasteiger charge is -2.07. The van der Waals surface area contributed by atoms with E-state index in [0.717, 1.165) is 10.0 Å². The van der Waals surface area contributed by atoms with Gasteiger partial charge in [-0.05, 0) is 29.8 Å². The van der Waals surface area contributed by atoms with E-state index in [1.165, 1.54) is 12.1 Å². The Kier molecular flexibility index (Phi) is 4.39. The number of hydrogen-bond donors (Lipinski definition) is 0. The number of nitro groups is 1. The van der Waals surface area contributed by atoms with E-state index in [1.54, 1.807) is 6.07 Å². The highest BCUT2D eigenvalue weighted by atomic mass is 79.9. The van der Waals surface area contributed by atoms with E-state index in [-0.39, 0.29) is 23.1 Å². The Morgan fingerprint density at radius 3 is 2.68 bits per heavy atom. The van der Waals surface area contributed by atoms with Crippen molar-refractivity contribution in [3.8, 4) is 5.75 Å². The molecule has 0 radical (unpaired) electrons. The molecule has 0 fully saturated rings. The number of halogens is 2. The molecule has 0 aliphatic carbocycles. The van der Waals surface area contributed by atoms with Gasteiger partial charge in [0.1, 0.15) is 11.6 Å². The van der Waals surface area contributed by atoms with Crippen LogP contribution < -0.4 is 4.74 Å². The second-order valence-electron chi connectivity index (χ2n) is 3.76. The Balaban J connectivity index is 2.20. The monoisotopic (exact) mass is 341 g/mol. The number of ether oxygens (including phenoxy) is 1. The molecule has 2 aromatic carbocycles. The van der Waals surface area contributed by atoms with Crippen LogP contribution in [0.15, 0.2) is 46.9 Å². The van der Waals surface area contributed by atoms with Gasteiger partial charge in [-0.25, -0.2) is 0 Å². The van der Waals surface area contributed by atoms with Crippen LogP contribution in [0.25, 0.3) is 0 Å². The summed E-state index contributed by atoms with van der Waals surface area (Å²) in [5.41, 5.74) is 0.697. The normalized spacial score (nSPS) is 10.2. The third kappa shape index (κ3) is 3.45. The van der Waals surface area contributed by atoms with Crippen LogP contribution in [0.2, 0.25) is 5.02 Å². The summed E-state index contributed by atoms with van der Waals surface area (Å²) in [5, 5.41) is 11.0. The van der Waals surface area contributed by atoms with E-state index >= 15 is 0 Å². The molecule has 0 atom stereocenters. The van der Waals surface area contributed by atoms with E-state index in [4.69, 9.17) is 16.3 Å². The zero-order valence-electron chi connectivity index (χ0n) is 9.68. The average Bonchev–Trinajstić information content (AvgIpc) is 2.36. The van der Waals surface area contributed by atoms with Crippen LogP contribution >= 0.6 is 27.5 Å². The molecule has 0 spiro atoms. The topological polar surface area (TPSA) is 52.4 Å².